The second-order valence-electron chi connectivity index (χ2n) is 4.04. The largest absolute Gasteiger partial charge is 0.333 e. The molecule has 3 aromatic heterocycles. The maximum absolute atomic E-state index is 4.25. The summed E-state index contributed by atoms with van der Waals surface area (Å²) in [4.78, 5) is 8.27. The summed E-state index contributed by atoms with van der Waals surface area (Å²) in [5, 5.41) is 7.72. The summed E-state index contributed by atoms with van der Waals surface area (Å²) in [5.41, 5.74) is 2.25. The first-order chi connectivity index (χ1) is 8.90. The predicted octanol–water partition coefficient (Wildman–Crippen LogP) is 0.966. The van der Waals surface area contributed by atoms with E-state index in [-0.39, 0.29) is 0 Å². The SMILES string of the molecule is c1cn(Cc2cncc(Cn3ccnn3)c2)cn1. The molecule has 0 atom stereocenters. The molecule has 0 unspecified atom stereocenters. The van der Waals surface area contributed by atoms with E-state index in [1.165, 1.54) is 0 Å². The molecule has 0 N–H and O–H groups in total. The number of imidazole rings is 1. The second-order valence-corrected chi connectivity index (χ2v) is 4.04. The van der Waals surface area contributed by atoms with Gasteiger partial charge < -0.3 is 4.57 Å². The fourth-order valence-electron chi connectivity index (χ4n) is 1.81. The molecule has 0 aliphatic carbocycles. The standard InChI is InChI=1S/C12H12N6/c1-3-17(10-13-1)8-11-5-12(7-14-6-11)9-18-4-2-15-16-18/h1-7,10H,8-9H2. The Morgan fingerprint density at radius 1 is 0.944 bits per heavy atom. The van der Waals surface area contributed by atoms with Crippen LogP contribution in [0.2, 0.25) is 0 Å². The average molecular weight is 240 g/mol. The molecule has 3 aromatic rings. The van der Waals surface area contributed by atoms with Gasteiger partial charge in [-0.2, -0.15) is 0 Å². The number of rotatable bonds is 4. The summed E-state index contributed by atoms with van der Waals surface area (Å²) < 4.78 is 3.79. The Morgan fingerprint density at radius 3 is 2.56 bits per heavy atom. The van der Waals surface area contributed by atoms with Gasteiger partial charge in [-0.05, 0) is 17.2 Å². The molecule has 0 saturated carbocycles. The molecule has 0 radical (unpaired) electrons. The van der Waals surface area contributed by atoms with Gasteiger partial charge in [0.05, 0.1) is 25.6 Å². The molecule has 6 heteroatoms. The van der Waals surface area contributed by atoms with Gasteiger partial charge in [-0.25, -0.2) is 9.67 Å². The van der Waals surface area contributed by atoms with Crippen LogP contribution in [0.4, 0.5) is 0 Å². The lowest BCUT2D eigenvalue weighted by Gasteiger charge is -2.05. The molecule has 3 rings (SSSR count). The molecule has 0 aliphatic heterocycles. The zero-order chi connectivity index (χ0) is 12.2. The Labute approximate surface area is 104 Å². The number of hydrogen-bond donors (Lipinski definition) is 0. The van der Waals surface area contributed by atoms with Crippen molar-refractivity contribution in [1.82, 2.24) is 29.5 Å². The van der Waals surface area contributed by atoms with E-state index in [0.717, 1.165) is 17.7 Å². The molecule has 0 amide bonds. The topological polar surface area (TPSA) is 61.4 Å². The molecule has 0 fully saturated rings. The van der Waals surface area contributed by atoms with Gasteiger partial charge in [0.15, 0.2) is 0 Å². The number of pyridine rings is 1. The van der Waals surface area contributed by atoms with E-state index in [1.807, 2.05) is 29.4 Å². The highest BCUT2D eigenvalue weighted by atomic mass is 15.4. The zero-order valence-corrected chi connectivity index (χ0v) is 9.72. The van der Waals surface area contributed by atoms with Gasteiger partial charge in [0.25, 0.3) is 0 Å². The Kier molecular flexibility index (Phi) is 2.83. The van der Waals surface area contributed by atoms with Crippen LogP contribution in [-0.2, 0) is 13.1 Å². The summed E-state index contributed by atoms with van der Waals surface area (Å²) in [6.45, 7) is 1.46. The molecule has 90 valence electrons. The lowest BCUT2D eigenvalue weighted by molar-refractivity contribution is 0.646. The zero-order valence-electron chi connectivity index (χ0n) is 9.72. The van der Waals surface area contributed by atoms with Gasteiger partial charge in [-0.3, -0.25) is 4.98 Å². The molecular formula is C12H12N6. The van der Waals surface area contributed by atoms with Crippen LogP contribution in [0.3, 0.4) is 0 Å². The van der Waals surface area contributed by atoms with Gasteiger partial charge in [0, 0.05) is 31.0 Å². The minimum absolute atomic E-state index is 0.685. The van der Waals surface area contributed by atoms with E-state index in [1.54, 1.807) is 23.4 Å². The highest BCUT2D eigenvalue weighted by Gasteiger charge is 2.00. The van der Waals surface area contributed by atoms with Gasteiger partial charge in [-0.1, -0.05) is 5.21 Å². The van der Waals surface area contributed by atoms with Crippen LogP contribution in [0.15, 0.2) is 49.6 Å². The van der Waals surface area contributed by atoms with E-state index in [2.05, 4.69) is 26.3 Å². The molecule has 18 heavy (non-hydrogen) atoms. The highest BCUT2D eigenvalue weighted by Crippen LogP contribution is 2.06. The summed E-state index contributed by atoms with van der Waals surface area (Å²) in [6.07, 6.45) is 12.7. The first kappa shape index (κ1) is 10.6. The second kappa shape index (κ2) is 4.79. The van der Waals surface area contributed by atoms with Gasteiger partial charge in [0.2, 0.25) is 0 Å². The van der Waals surface area contributed by atoms with Crippen molar-refractivity contribution >= 4 is 0 Å². The molecule has 0 bridgehead atoms. The van der Waals surface area contributed by atoms with Crippen molar-refractivity contribution < 1.29 is 0 Å². The minimum Gasteiger partial charge on any atom is -0.333 e. The number of hydrogen-bond acceptors (Lipinski definition) is 4. The molecule has 6 nitrogen and oxygen atoms in total. The first-order valence-electron chi connectivity index (χ1n) is 5.63. The van der Waals surface area contributed by atoms with Gasteiger partial charge >= 0.3 is 0 Å². The van der Waals surface area contributed by atoms with Crippen molar-refractivity contribution in [1.29, 1.82) is 0 Å². The fourth-order valence-corrected chi connectivity index (χ4v) is 1.81. The normalized spacial score (nSPS) is 10.7. The summed E-state index contributed by atoms with van der Waals surface area (Å²) in [6, 6.07) is 2.12. The van der Waals surface area contributed by atoms with Crippen LogP contribution in [0.5, 0.6) is 0 Å². The first-order valence-corrected chi connectivity index (χ1v) is 5.63. The lowest BCUT2D eigenvalue weighted by atomic mass is 10.2. The van der Waals surface area contributed by atoms with E-state index < -0.39 is 0 Å². The smallest absolute Gasteiger partial charge is 0.0949 e. The Bertz CT molecular complexity index is 548. The van der Waals surface area contributed by atoms with Crippen LogP contribution < -0.4 is 0 Å². The third-order valence-electron chi connectivity index (χ3n) is 2.59. The third-order valence-corrected chi connectivity index (χ3v) is 2.59. The molecule has 0 saturated heterocycles. The number of nitrogens with zero attached hydrogens (tertiary/aromatic N) is 6. The predicted molar refractivity (Wildman–Crippen MR) is 64.7 cm³/mol. The van der Waals surface area contributed by atoms with Crippen molar-refractivity contribution in [3.8, 4) is 0 Å². The summed E-state index contributed by atoms with van der Waals surface area (Å²) in [7, 11) is 0. The summed E-state index contributed by atoms with van der Waals surface area (Å²) in [5.74, 6) is 0. The van der Waals surface area contributed by atoms with Crippen LogP contribution in [0.25, 0.3) is 0 Å². The van der Waals surface area contributed by atoms with Gasteiger partial charge in [-0.15, -0.1) is 5.10 Å². The average Bonchev–Trinajstić information content (AvgIpc) is 3.03. The molecule has 0 aromatic carbocycles. The van der Waals surface area contributed by atoms with Crippen molar-refractivity contribution in [3.05, 3.63) is 60.7 Å². The highest BCUT2D eigenvalue weighted by molar-refractivity contribution is 5.18. The molecular weight excluding hydrogens is 228 g/mol. The van der Waals surface area contributed by atoms with Crippen molar-refractivity contribution in [3.63, 3.8) is 0 Å². The quantitative estimate of drug-likeness (QED) is 0.681. The molecule has 3 heterocycles. The number of aromatic nitrogens is 6. The fraction of sp³-hybridized carbons (Fsp3) is 0.167. The molecule has 0 aliphatic rings. The van der Waals surface area contributed by atoms with E-state index in [4.69, 9.17) is 0 Å². The maximum atomic E-state index is 4.25. The Hall–Kier alpha value is -2.50. The van der Waals surface area contributed by atoms with Crippen LogP contribution in [0, 0.1) is 0 Å². The van der Waals surface area contributed by atoms with E-state index in [9.17, 15) is 0 Å². The van der Waals surface area contributed by atoms with Crippen molar-refractivity contribution in [2.24, 2.45) is 0 Å². The van der Waals surface area contributed by atoms with Gasteiger partial charge in [0.1, 0.15) is 0 Å². The van der Waals surface area contributed by atoms with Crippen molar-refractivity contribution in [2.75, 3.05) is 0 Å². The minimum atomic E-state index is 0.685. The van der Waals surface area contributed by atoms with Crippen LogP contribution in [-0.4, -0.2) is 29.5 Å². The third kappa shape index (κ3) is 2.42. The van der Waals surface area contributed by atoms with Crippen LogP contribution >= 0.6 is 0 Å². The Balaban J connectivity index is 1.76. The molecule has 0 spiro atoms. The summed E-state index contributed by atoms with van der Waals surface area (Å²) >= 11 is 0. The van der Waals surface area contributed by atoms with E-state index >= 15 is 0 Å². The van der Waals surface area contributed by atoms with Crippen LogP contribution in [0.1, 0.15) is 11.1 Å². The Morgan fingerprint density at radius 2 is 1.83 bits per heavy atom. The van der Waals surface area contributed by atoms with Crippen molar-refractivity contribution in [2.45, 2.75) is 13.1 Å². The van der Waals surface area contributed by atoms with E-state index in [0.29, 0.717) is 6.54 Å². The lowest BCUT2D eigenvalue weighted by Crippen LogP contribution is -2.03. The maximum Gasteiger partial charge on any atom is 0.0949 e. The monoisotopic (exact) mass is 240 g/mol.